The maximum absolute atomic E-state index is 13.6. The molecule has 0 N–H and O–H groups in total. The summed E-state index contributed by atoms with van der Waals surface area (Å²) in [5.74, 6) is -0.418. The summed E-state index contributed by atoms with van der Waals surface area (Å²) < 4.78 is 13.6. The van der Waals surface area contributed by atoms with Gasteiger partial charge >= 0.3 is 0 Å². The van der Waals surface area contributed by atoms with Gasteiger partial charge in [-0.3, -0.25) is 4.79 Å². The van der Waals surface area contributed by atoms with Crippen molar-refractivity contribution < 1.29 is 9.18 Å². The summed E-state index contributed by atoms with van der Waals surface area (Å²) in [7, 11) is 0. The summed E-state index contributed by atoms with van der Waals surface area (Å²) in [6.45, 7) is 4.82. The molecule has 0 saturated carbocycles. The van der Waals surface area contributed by atoms with Gasteiger partial charge in [-0.05, 0) is 36.8 Å². The van der Waals surface area contributed by atoms with E-state index in [0.29, 0.717) is 23.7 Å². The zero-order valence-electron chi connectivity index (χ0n) is 14.1. The first kappa shape index (κ1) is 17.5. The Labute approximate surface area is 152 Å². The van der Waals surface area contributed by atoms with Crippen LogP contribution in [0.3, 0.4) is 0 Å². The van der Waals surface area contributed by atoms with Crippen LogP contribution in [0.1, 0.15) is 11.1 Å². The monoisotopic (exact) mass is 358 g/mol. The van der Waals surface area contributed by atoms with Gasteiger partial charge in [0.2, 0.25) is 5.91 Å². The van der Waals surface area contributed by atoms with Crippen LogP contribution in [-0.4, -0.2) is 37.0 Å². The smallest absolute Gasteiger partial charge is 0.246 e. The van der Waals surface area contributed by atoms with Crippen molar-refractivity contribution in [1.82, 2.24) is 4.90 Å². The van der Waals surface area contributed by atoms with Gasteiger partial charge in [0.25, 0.3) is 0 Å². The topological polar surface area (TPSA) is 23.6 Å². The lowest BCUT2D eigenvalue weighted by Crippen LogP contribution is -2.48. The maximum atomic E-state index is 13.6. The second-order valence-electron chi connectivity index (χ2n) is 6.10. The van der Waals surface area contributed by atoms with Gasteiger partial charge in [0.05, 0.1) is 0 Å². The van der Waals surface area contributed by atoms with Gasteiger partial charge in [-0.2, -0.15) is 0 Å². The second-order valence-corrected chi connectivity index (χ2v) is 6.53. The van der Waals surface area contributed by atoms with E-state index < -0.39 is 0 Å². The molecule has 0 aromatic heterocycles. The minimum absolute atomic E-state index is 0.0919. The number of amides is 1. The third kappa shape index (κ3) is 4.20. The highest BCUT2D eigenvalue weighted by atomic mass is 35.5. The molecule has 2 aromatic carbocycles. The molecule has 25 heavy (non-hydrogen) atoms. The molecule has 0 unspecified atom stereocenters. The summed E-state index contributed by atoms with van der Waals surface area (Å²) >= 11 is 6.10. The van der Waals surface area contributed by atoms with E-state index in [-0.39, 0.29) is 11.7 Å². The van der Waals surface area contributed by atoms with Gasteiger partial charge in [-0.1, -0.05) is 35.9 Å². The minimum atomic E-state index is -0.326. The highest BCUT2D eigenvalue weighted by Crippen LogP contribution is 2.25. The number of halogens is 2. The molecular formula is C20H20ClFN2O. The first-order valence-electron chi connectivity index (χ1n) is 8.27. The maximum Gasteiger partial charge on any atom is 0.246 e. The predicted octanol–water partition coefficient (Wildman–Crippen LogP) is 4.15. The Balaban J connectivity index is 1.61. The Hall–Kier alpha value is -2.33. The lowest BCUT2D eigenvalue weighted by molar-refractivity contribution is -0.126. The van der Waals surface area contributed by atoms with Gasteiger partial charge in [0.1, 0.15) is 5.82 Å². The number of rotatable bonds is 3. The molecule has 1 fully saturated rings. The number of carbonyl (C=O) groups is 1. The lowest BCUT2D eigenvalue weighted by atomic mass is 10.1. The van der Waals surface area contributed by atoms with Crippen molar-refractivity contribution in [3.05, 3.63) is 70.5 Å². The molecular weight excluding hydrogens is 339 g/mol. The first-order chi connectivity index (χ1) is 12.0. The average Bonchev–Trinajstić information content (AvgIpc) is 2.63. The van der Waals surface area contributed by atoms with Crippen LogP contribution in [0.4, 0.5) is 10.1 Å². The number of hydrogen-bond acceptors (Lipinski definition) is 2. The standard InChI is InChI=1S/C20H20ClFN2O/c1-15-6-8-17(21)14-19(15)23-10-12-24(13-11-23)20(25)9-7-16-4-2-3-5-18(16)22/h2-9,14H,10-13H2,1H3/b9-7+. The largest absolute Gasteiger partial charge is 0.368 e. The Morgan fingerprint density at radius 1 is 1.12 bits per heavy atom. The molecule has 1 aliphatic rings. The molecule has 0 atom stereocenters. The van der Waals surface area contributed by atoms with Gasteiger partial charge in [0.15, 0.2) is 0 Å². The summed E-state index contributed by atoms with van der Waals surface area (Å²) in [4.78, 5) is 16.4. The van der Waals surface area contributed by atoms with Crippen molar-refractivity contribution in [2.45, 2.75) is 6.92 Å². The third-order valence-corrected chi connectivity index (χ3v) is 4.65. The van der Waals surface area contributed by atoms with Crippen LogP contribution in [0.5, 0.6) is 0 Å². The van der Waals surface area contributed by atoms with Crippen LogP contribution < -0.4 is 4.90 Å². The number of aryl methyl sites for hydroxylation is 1. The van der Waals surface area contributed by atoms with E-state index in [9.17, 15) is 9.18 Å². The van der Waals surface area contributed by atoms with Crippen molar-refractivity contribution in [3.63, 3.8) is 0 Å². The zero-order chi connectivity index (χ0) is 17.8. The highest BCUT2D eigenvalue weighted by molar-refractivity contribution is 6.30. The molecule has 5 heteroatoms. The van der Waals surface area contributed by atoms with Crippen LogP contribution in [0.25, 0.3) is 6.08 Å². The fourth-order valence-corrected chi connectivity index (χ4v) is 3.13. The van der Waals surface area contributed by atoms with E-state index in [0.717, 1.165) is 18.8 Å². The number of benzene rings is 2. The van der Waals surface area contributed by atoms with E-state index in [4.69, 9.17) is 11.6 Å². The average molecular weight is 359 g/mol. The van der Waals surface area contributed by atoms with Gasteiger partial charge in [0, 0.05) is 48.5 Å². The van der Waals surface area contributed by atoms with E-state index in [2.05, 4.69) is 11.8 Å². The Kier molecular flexibility index (Phi) is 5.39. The van der Waals surface area contributed by atoms with E-state index in [1.165, 1.54) is 23.8 Å². The summed E-state index contributed by atoms with van der Waals surface area (Å²) in [6.07, 6.45) is 2.98. The fourth-order valence-electron chi connectivity index (χ4n) is 2.97. The van der Waals surface area contributed by atoms with Crippen molar-refractivity contribution in [3.8, 4) is 0 Å². The number of carbonyl (C=O) groups excluding carboxylic acids is 1. The van der Waals surface area contributed by atoms with E-state index >= 15 is 0 Å². The quantitative estimate of drug-likeness (QED) is 0.769. The van der Waals surface area contributed by atoms with E-state index in [1.807, 2.05) is 18.2 Å². The summed E-state index contributed by atoms with van der Waals surface area (Å²) in [5.41, 5.74) is 2.70. The third-order valence-electron chi connectivity index (χ3n) is 4.41. The number of hydrogen-bond donors (Lipinski definition) is 0. The molecule has 0 spiro atoms. The molecule has 1 aliphatic heterocycles. The number of anilines is 1. The van der Waals surface area contributed by atoms with Crippen LogP contribution in [-0.2, 0) is 4.79 Å². The highest BCUT2D eigenvalue weighted by Gasteiger charge is 2.21. The minimum Gasteiger partial charge on any atom is -0.368 e. The van der Waals surface area contributed by atoms with Crippen LogP contribution in [0.15, 0.2) is 48.5 Å². The molecule has 1 heterocycles. The van der Waals surface area contributed by atoms with Crippen molar-refractivity contribution in [2.75, 3.05) is 31.1 Å². The molecule has 0 bridgehead atoms. The molecule has 3 nitrogen and oxygen atoms in total. The SMILES string of the molecule is Cc1ccc(Cl)cc1N1CCN(C(=O)/C=C/c2ccccc2F)CC1. The molecule has 2 aromatic rings. The molecule has 130 valence electrons. The molecule has 0 radical (unpaired) electrons. The van der Waals surface area contributed by atoms with E-state index in [1.54, 1.807) is 23.1 Å². The zero-order valence-corrected chi connectivity index (χ0v) is 14.8. The lowest BCUT2D eigenvalue weighted by Gasteiger charge is -2.36. The Morgan fingerprint density at radius 2 is 1.84 bits per heavy atom. The molecule has 0 aliphatic carbocycles. The van der Waals surface area contributed by atoms with Crippen LogP contribution >= 0.6 is 11.6 Å². The number of nitrogens with zero attached hydrogens (tertiary/aromatic N) is 2. The predicted molar refractivity (Wildman–Crippen MR) is 100 cm³/mol. The Bertz CT molecular complexity index is 798. The molecule has 1 amide bonds. The van der Waals surface area contributed by atoms with Crippen molar-refractivity contribution in [1.29, 1.82) is 0 Å². The second kappa shape index (κ2) is 7.70. The van der Waals surface area contributed by atoms with Crippen LogP contribution in [0, 0.1) is 12.7 Å². The van der Waals surface area contributed by atoms with Gasteiger partial charge < -0.3 is 9.80 Å². The summed E-state index contributed by atoms with van der Waals surface area (Å²) in [5, 5.41) is 0.715. The van der Waals surface area contributed by atoms with Crippen molar-refractivity contribution >= 4 is 29.3 Å². The fraction of sp³-hybridized carbons (Fsp3) is 0.250. The first-order valence-corrected chi connectivity index (χ1v) is 8.65. The van der Waals surface area contributed by atoms with Crippen LogP contribution in [0.2, 0.25) is 5.02 Å². The van der Waals surface area contributed by atoms with Crippen molar-refractivity contribution in [2.24, 2.45) is 0 Å². The summed E-state index contributed by atoms with van der Waals surface area (Å²) in [6, 6.07) is 12.3. The Morgan fingerprint density at radius 3 is 2.56 bits per heavy atom. The van der Waals surface area contributed by atoms with Gasteiger partial charge in [-0.15, -0.1) is 0 Å². The molecule has 1 saturated heterocycles. The van der Waals surface area contributed by atoms with Gasteiger partial charge in [-0.25, -0.2) is 4.39 Å². The molecule has 3 rings (SSSR count). The number of piperazine rings is 1. The normalized spacial score (nSPS) is 15.0.